The zero-order chi connectivity index (χ0) is 22.4. The summed E-state index contributed by atoms with van der Waals surface area (Å²) in [6.07, 6.45) is -4.27. The number of aromatic nitrogens is 2. The van der Waals surface area contributed by atoms with Crippen LogP contribution in [0.4, 0.5) is 27.6 Å². The molecule has 1 aromatic heterocycles. The van der Waals surface area contributed by atoms with Gasteiger partial charge in [0.2, 0.25) is 5.54 Å². The lowest BCUT2D eigenvalue weighted by Gasteiger charge is -2.35. The molecule has 162 valence electrons. The second kappa shape index (κ2) is 7.64. The fourth-order valence-electron chi connectivity index (χ4n) is 3.12. The van der Waals surface area contributed by atoms with Gasteiger partial charge in [-0.25, -0.2) is 18.8 Å². The maximum absolute atomic E-state index is 14.1. The van der Waals surface area contributed by atoms with E-state index in [0.29, 0.717) is 6.07 Å². The zero-order valence-corrected chi connectivity index (χ0v) is 16.4. The van der Waals surface area contributed by atoms with Crippen molar-refractivity contribution in [1.82, 2.24) is 14.9 Å². The van der Waals surface area contributed by atoms with Crippen LogP contribution in [-0.2, 0) is 12.1 Å². The lowest BCUT2D eigenvalue weighted by Crippen LogP contribution is -2.53. The molecule has 1 fully saturated rings. The van der Waals surface area contributed by atoms with Crippen molar-refractivity contribution in [3.05, 3.63) is 56.7 Å². The third kappa shape index (κ3) is 4.02. The fraction of sp³-hybridized carbons (Fsp3) is 0.350. The van der Waals surface area contributed by atoms with E-state index >= 15 is 0 Å². The molecule has 1 aromatic carbocycles. The predicted octanol–water partition coefficient (Wildman–Crippen LogP) is 4.32. The minimum absolute atomic E-state index is 0.00854. The zero-order valence-electron chi connectivity index (χ0n) is 15.7. The molecule has 0 saturated heterocycles. The largest absolute Gasteiger partial charge is 0.427 e. The van der Waals surface area contributed by atoms with Gasteiger partial charge in [-0.3, -0.25) is 9.36 Å². The van der Waals surface area contributed by atoms with E-state index in [0.717, 1.165) is 36.1 Å². The van der Waals surface area contributed by atoms with Gasteiger partial charge >= 0.3 is 6.18 Å². The average Bonchev–Trinajstić information content (AvgIpc) is 3.52. The summed E-state index contributed by atoms with van der Waals surface area (Å²) >= 11 is 6.25. The lowest BCUT2D eigenvalue weighted by atomic mass is 9.86. The molecule has 0 radical (unpaired) electrons. The Balaban J connectivity index is 1.75. The van der Waals surface area contributed by atoms with E-state index in [1.165, 1.54) is 6.07 Å². The fourth-order valence-corrected chi connectivity index (χ4v) is 3.34. The van der Waals surface area contributed by atoms with E-state index in [1.54, 1.807) is 0 Å². The smallest absolute Gasteiger partial charge is 0.349 e. The lowest BCUT2D eigenvalue weighted by molar-refractivity contribution is -0.177. The normalized spacial score (nSPS) is 20.1. The molecule has 5 nitrogen and oxygen atoms in total. The standard InChI is InChI=1S/C20H14ClF5N4O/c21-14-6-13-15(5-12(14)8-30-10-28-16(18(22)23)7-17(30)31)27-9-29-19(13,20(24,25)26)4-3-11-1-2-11/h5-7,9-11,18H,1-2,8H2,(H,27,29)/t19-/m0/s1. The highest BCUT2D eigenvalue weighted by molar-refractivity contribution is 6.31. The van der Waals surface area contributed by atoms with E-state index in [9.17, 15) is 26.7 Å². The van der Waals surface area contributed by atoms with Gasteiger partial charge in [0.25, 0.3) is 12.0 Å². The maximum Gasteiger partial charge on any atom is 0.427 e. The van der Waals surface area contributed by atoms with Gasteiger partial charge in [0, 0.05) is 22.6 Å². The van der Waals surface area contributed by atoms with Crippen LogP contribution in [0.1, 0.15) is 36.1 Å². The Morgan fingerprint density at radius 2 is 2.03 bits per heavy atom. The highest BCUT2D eigenvalue weighted by Crippen LogP contribution is 2.46. The van der Waals surface area contributed by atoms with Crippen LogP contribution in [0.25, 0.3) is 0 Å². The molecule has 1 aliphatic carbocycles. The van der Waals surface area contributed by atoms with Gasteiger partial charge in [0.05, 0.1) is 24.9 Å². The number of hydrogen-bond acceptors (Lipinski definition) is 4. The highest BCUT2D eigenvalue weighted by atomic mass is 35.5. The topological polar surface area (TPSA) is 59.3 Å². The maximum atomic E-state index is 14.1. The van der Waals surface area contributed by atoms with Crippen molar-refractivity contribution in [3.63, 3.8) is 0 Å². The van der Waals surface area contributed by atoms with Crippen LogP contribution in [0, 0.1) is 17.8 Å². The Labute approximate surface area is 178 Å². The number of aliphatic imine (C=N–C) groups is 1. The van der Waals surface area contributed by atoms with E-state index in [2.05, 4.69) is 27.1 Å². The van der Waals surface area contributed by atoms with Crippen molar-refractivity contribution in [1.29, 1.82) is 0 Å². The van der Waals surface area contributed by atoms with Crippen molar-refractivity contribution < 1.29 is 22.0 Å². The van der Waals surface area contributed by atoms with Gasteiger partial charge in [-0.2, -0.15) is 13.2 Å². The van der Waals surface area contributed by atoms with Crippen LogP contribution >= 0.6 is 11.6 Å². The minimum atomic E-state index is -4.76. The Bertz CT molecular complexity index is 1180. The molecule has 1 N–H and O–H groups in total. The second-order valence-corrected chi connectivity index (χ2v) is 7.64. The molecular weight excluding hydrogens is 443 g/mol. The van der Waals surface area contributed by atoms with Crippen molar-refractivity contribution in [2.45, 2.75) is 37.5 Å². The Morgan fingerprint density at radius 1 is 1.29 bits per heavy atom. The van der Waals surface area contributed by atoms with Crippen molar-refractivity contribution in [3.8, 4) is 11.8 Å². The molecule has 0 spiro atoms. The van der Waals surface area contributed by atoms with Crippen LogP contribution in [0.2, 0.25) is 5.02 Å². The molecular formula is C20H14ClF5N4O. The highest BCUT2D eigenvalue weighted by Gasteiger charge is 2.57. The number of hydrogen-bond donors (Lipinski definition) is 1. The summed E-state index contributed by atoms with van der Waals surface area (Å²) in [5, 5.41) is 2.20. The predicted molar refractivity (Wildman–Crippen MR) is 104 cm³/mol. The molecule has 2 aliphatic rings. The molecule has 31 heavy (non-hydrogen) atoms. The van der Waals surface area contributed by atoms with Gasteiger partial charge in [-0.1, -0.05) is 23.4 Å². The van der Waals surface area contributed by atoms with Crippen molar-refractivity contribution in [2.75, 3.05) is 0 Å². The first kappa shape index (κ1) is 21.3. The van der Waals surface area contributed by atoms with Crippen molar-refractivity contribution >= 4 is 23.6 Å². The van der Waals surface area contributed by atoms with Crippen LogP contribution in [-0.4, -0.2) is 22.1 Å². The van der Waals surface area contributed by atoms with E-state index in [4.69, 9.17) is 11.6 Å². The van der Waals surface area contributed by atoms with E-state index in [1.807, 2.05) is 0 Å². The van der Waals surface area contributed by atoms with Crippen LogP contribution in [0.3, 0.4) is 0 Å². The summed E-state index contributed by atoms with van der Waals surface area (Å²) in [6.45, 7) is -0.183. The summed E-state index contributed by atoms with van der Waals surface area (Å²) in [5.41, 5.74) is -4.05. The number of fused-ring (bicyclic) bond motifs is 1. The first-order valence-electron chi connectivity index (χ1n) is 9.18. The second-order valence-electron chi connectivity index (χ2n) is 7.24. The van der Waals surface area contributed by atoms with Crippen molar-refractivity contribution in [2.24, 2.45) is 10.9 Å². The summed E-state index contributed by atoms with van der Waals surface area (Å²) < 4.78 is 68.7. The third-order valence-electron chi connectivity index (χ3n) is 4.98. The molecule has 2 aromatic rings. The minimum Gasteiger partial charge on any atom is -0.349 e. The monoisotopic (exact) mass is 456 g/mol. The number of nitrogens with one attached hydrogen (secondary N) is 1. The molecule has 1 atom stereocenters. The molecule has 0 amide bonds. The molecule has 2 heterocycles. The molecule has 0 bridgehead atoms. The molecule has 11 heteroatoms. The number of alkyl halides is 5. The number of halogens is 6. The summed E-state index contributed by atoms with van der Waals surface area (Å²) in [5.74, 6) is 4.94. The summed E-state index contributed by atoms with van der Waals surface area (Å²) in [6, 6.07) is 3.14. The van der Waals surface area contributed by atoms with Crippen LogP contribution < -0.4 is 10.9 Å². The first-order valence-corrected chi connectivity index (χ1v) is 9.55. The van der Waals surface area contributed by atoms with Gasteiger partial charge in [-0.15, -0.1) is 0 Å². The molecule has 4 rings (SSSR count). The van der Waals surface area contributed by atoms with Gasteiger partial charge in [0.1, 0.15) is 5.69 Å². The van der Waals surface area contributed by atoms with Gasteiger partial charge in [0.15, 0.2) is 0 Å². The Hall–Kier alpha value is -2.93. The SMILES string of the molecule is O=c1cc(C(F)F)ncn1Cc1cc2c(cc1Cl)[C@@](C#CC1CC1)(C(F)(F)F)NC=N2. The number of rotatable bonds is 3. The summed E-state index contributed by atoms with van der Waals surface area (Å²) in [7, 11) is 0. The van der Waals surface area contributed by atoms with Gasteiger partial charge < -0.3 is 5.32 Å². The molecule has 1 aliphatic heterocycles. The Kier molecular flexibility index (Phi) is 5.25. The van der Waals surface area contributed by atoms with Crippen LogP contribution in [0.15, 0.2) is 34.3 Å². The quantitative estimate of drug-likeness (QED) is 0.553. The number of nitrogens with zero attached hydrogens (tertiary/aromatic N) is 3. The molecule has 1 saturated carbocycles. The van der Waals surface area contributed by atoms with E-state index < -0.39 is 29.4 Å². The third-order valence-corrected chi connectivity index (χ3v) is 5.34. The van der Waals surface area contributed by atoms with E-state index in [-0.39, 0.29) is 34.3 Å². The first-order chi connectivity index (χ1) is 14.6. The average molecular weight is 457 g/mol. The number of benzene rings is 1. The van der Waals surface area contributed by atoms with Crippen LogP contribution in [0.5, 0.6) is 0 Å². The van der Waals surface area contributed by atoms with Gasteiger partial charge in [-0.05, 0) is 30.5 Å². The Morgan fingerprint density at radius 3 is 2.65 bits per heavy atom. The molecule has 0 unspecified atom stereocenters. The summed E-state index contributed by atoms with van der Waals surface area (Å²) in [4.78, 5) is 19.6.